The Kier molecular flexibility index (Phi) is 3.92. The number of halogens is 1. The lowest BCUT2D eigenvalue weighted by Gasteiger charge is -2.28. The lowest BCUT2D eigenvalue weighted by atomic mass is 10.1. The van der Waals surface area contributed by atoms with Crippen molar-refractivity contribution in [3.8, 4) is 22.6 Å². The lowest BCUT2D eigenvalue weighted by molar-refractivity contribution is 0.585. The van der Waals surface area contributed by atoms with E-state index in [1.54, 1.807) is 30.6 Å². The van der Waals surface area contributed by atoms with Crippen LogP contribution in [0, 0.1) is 5.82 Å². The molecule has 3 aromatic rings. The minimum absolute atomic E-state index is 0.266. The SMILES string of the molecule is Fc1ccc(-c2[nH]nc(N3CCNCC3)c2-c2ncccn2)cc1. The monoisotopic (exact) mass is 324 g/mol. The van der Waals surface area contributed by atoms with E-state index in [1.165, 1.54) is 12.1 Å². The maximum Gasteiger partial charge on any atom is 0.165 e. The molecule has 0 saturated carbocycles. The summed E-state index contributed by atoms with van der Waals surface area (Å²) in [6, 6.07) is 8.13. The number of aromatic nitrogens is 4. The van der Waals surface area contributed by atoms with Gasteiger partial charge in [0.25, 0.3) is 0 Å². The Morgan fingerprint density at radius 2 is 1.71 bits per heavy atom. The number of hydrogen-bond acceptors (Lipinski definition) is 5. The summed E-state index contributed by atoms with van der Waals surface area (Å²) < 4.78 is 13.3. The van der Waals surface area contributed by atoms with Crippen molar-refractivity contribution in [1.29, 1.82) is 0 Å². The van der Waals surface area contributed by atoms with E-state index >= 15 is 0 Å². The van der Waals surface area contributed by atoms with Crippen molar-refractivity contribution in [2.45, 2.75) is 0 Å². The van der Waals surface area contributed by atoms with Gasteiger partial charge in [0.2, 0.25) is 0 Å². The van der Waals surface area contributed by atoms with Gasteiger partial charge in [-0.05, 0) is 30.3 Å². The second kappa shape index (κ2) is 6.37. The van der Waals surface area contributed by atoms with Crippen molar-refractivity contribution >= 4 is 5.82 Å². The summed E-state index contributed by atoms with van der Waals surface area (Å²) in [5, 5.41) is 10.9. The standard InChI is InChI=1S/C17H17FN6/c18-13-4-2-12(3-5-13)15-14(16-20-6-1-7-21-16)17(23-22-15)24-10-8-19-9-11-24/h1-7,19H,8-11H2,(H,22,23). The molecule has 1 aliphatic rings. The van der Waals surface area contributed by atoms with Crippen LogP contribution in [0.25, 0.3) is 22.6 Å². The van der Waals surface area contributed by atoms with E-state index in [2.05, 4.69) is 30.4 Å². The van der Waals surface area contributed by atoms with Gasteiger partial charge < -0.3 is 10.2 Å². The molecule has 0 atom stereocenters. The number of aromatic amines is 1. The van der Waals surface area contributed by atoms with Gasteiger partial charge in [-0.1, -0.05) is 0 Å². The second-order valence-electron chi connectivity index (χ2n) is 5.61. The van der Waals surface area contributed by atoms with E-state index < -0.39 is 0 Å². The van der Waals surface area contributed by atoms with Crippen LogP contribution in [0.15, 0.2) is 42.7 Å². The smallest absolute Gasteiger partial charge is 0.165 e. The highest BCUT2D eigenvalue weighted by Crippen LogP contribution is 2.36. The third-order valence-electron chi connectivity index (χ3n) is 4.09. The van der Waals surface area contributed by atoms with Crippen LogP contribution in [-0.4, -0.2) is 46.3 Å². The minimum atomic E-state index is -0.266. The van der Waals surface area contributed by atoms with Crippen LogP contribution < -0.4 is 10.2 Å². The Bertz CT molecular complexity index is 809. The van der Waals surface area contributed by atoms with Gasteiger partial charge in [-0.3, -0.25) is 5.10 Å². The lowest BCUT2D eigenvalue weighted by Crippen LogP contribution is -2.43. The van der Waals surface area contributed by atoms with Crippen LogP contribution in [0.4, 0.5) is 10.2 Å². The summed E-state index contributed by atoms with van der Waals surface area (Å²) in [5.74, 6) is 1.18. The molecule has 24 heavy (non-hydrogen) atoms. The van der Waals surface area contributed by atoms with Gasteiger partial charge in [0.05, 0.1) is 11.3 Å². The van der Waals surface area contributed by atoms with E-state index in [-0.39, 0.29) is 5.82 Å². The highest BCUT2D eigenvalue weighted by molar-refractivity contribution is 5.86. The van der Waals surface area contributed by atoms with Crippen molar-refractivity contribution < 1.29 is 4.39 Å². The van der Waals surface area contributed by atoms with Crippen molar-refractivity contribution in [3.05, 3.63) is 48.5 Å². The number of anilines is 1. The Labute approximate surface area is 138 Å². The van der Waals surface area contributed by atoms with Crippen LogP contribution >= 0.6 is 0 Å². The van der Waals surface area contributed by atoms with Crippen LogP contribution in [0.2, 0.25) is 0 Å². The highest BCUT2D eigenvalue weighted by Gasteiger charge is 2.24. The highest BCUT2D eigenvalue weighted by atomic mass is 19.1. The molecule has 7 heteroatoms. The number of nitrogens with one attached hydrogen (secondary N) is 2. The third-order valence-corrected chi connectivity index (χ3v) is 4.09. The summed E-state index contributed by atoms with van der Waals surface area (Å²) >= 11 is 0. The fraction of sp³-hybridized carbons (Fsp3) is 0.235. The summed E-state index contributed by atoms with van der Waals surface area (Å²) in [7, 11) is 0. The Balaban J connectivity index is 1.84. The number of benzene rings is 1. The third kappa shape index (κ3) is 2.74. The average molecular weight is 324 g/mol. The zero-order valence-electron chi connectivity index (χ0n) is 13.0. The van der Waals surface area contributed by atoms with E-state index in [0.29, 0.717) is 5.82 Å². The molecule has 122 valence electrons. The van der Waals surface area contributed by atoms with Gasteiger partial charge >= 0.3 is 0 Å². The molecule has 1 aliphatic heterocycles. The van der Waals surface area contributed by atoms with E-state index in [9.17, 15) is 4.39 Å². The summed E-state index contributed by atoms with van der Waals surface area (Å²) in [4.78, 5) is 11.0. The fourth-order valence-electron chi connectivity index (χ4n) is 2.90. The quantitative estimate of drug-likeness (QED) is 0.772. The topological polar surface area (TPSA) is 69.7 Å². The Morgan fingerprint density at radius 3 is 2.42 bits per heavy atom. The molecule has 0 bridgehead atoms. The maximum atomic E-state index is 13.3. The molecule has 2 aromatic heterocycles. The van der Waals surface area contributed by atoms with Gasteiger partial charge in [-0.2, -0.15) is 5.10 Å². The first-order valence-corrected chi connectivity index (χ1v) is 7.90. The van der Waals surface area contributed by atoms with Crippen molar-refractivity contribution in [3.63, 3.8) is 0 Å². The molecule has 0 spiro atoms. The summed E-state index contributed by atoms with van der Waals surface area (Å²) in [6.07, 6.45) is 3.43. The van der Waals surface area contributed by atoms with Crippen molar-refractivity contribution in [2.24, 2.45) is 0 Å². The molecule has 1 fully saturated rings. The number of nitrogens with zero attached hydrogens (tertiary/aromatic N) is 4. The molecule has 0 aliphatic carbocycles. The van der Waals surface area contributed by atoms with E-state index in [1.807, 2.05) is 0 Å². The maximum absolute atomic E-state index is 13.3. The van der Waals surface area contributed by atoms with E-state index in [4.69, 9.17) is 0 Å². The zero-order chi connectivity index (χ0) is 16.4. The molecule has 2 N–H and O–H groups in total. The summed E-state index contributed by atoms with van der Waals surface area (Å²) in [6.45, 7) is 3.56. The molecule has 4 rings (SSSR count). The number of rotatable bonds is 3. The van der Waals surface area contributed by atoms with Gasteiger partial charge in [0.15, 0.2) is 11.6 Å². The molecule has 0 amide bonds. The first-order chi connectivity index (χ1) is 11.8. The van der Waals surface area contributed by atoms with E-state index in [0.717, 1.165) is 48.8 Å². The number of piperazine rings is 1. The van der Waals surface area contributed by atoms with Crippen molar-refractivity contribution in [1.82, 2.24) is 25.5 Å². The predicted octanol–water partition coefficient (Wildman–Crippen LogP) is 2.08. The van der Waals surface area contributed by atoms with Crippen LogP contribution in [0.3, 0.4) is 0 Å². The molecule has 1 saturated heterocycles. The zero-order valence-corrected chi connectivity index (χ0v) is 13.0. The molecule has 0 unspecified atom stereocenters. The molecular formula is C17H17FN6. The Hall–Kier alpha value is -2.80. The molecular weight excluding hydrogens is 307 g/mol. The first kappa shape index (κ1) is 14.8. The largest absolute Gasteiger partial charge is 0.352 e. The van der Waals surface area contributed by atoms with Gasteiger partial charge in [-0.15, -0.1) is 0 Å². The van der Waals surface area contributed by atoms with Crippen LogP contribution in [0.5, 0.6) is 0 Å². The normalized spacial score (nSPS) is 14.8. The molecule has 6 nitrogen and oxygen atoms in total. The fourth-order valence-corrected chi connectivity index (χ4v) is 2.90. The Morgan fingerprint density at radius 1 is 1.00 bits per heavy atom. The molecule has 3 heterocycles. The first-order valence-electron chi connectivity index (χ1n) is 7.90. The summed E-state index contributed by atoms with van der Waals surface area (Å²) in [5.41, 5.74) is 2.51. The molecule has 0 radical (unpaired) electrons. The number of H-pyrrole nitrogens is 1. The van der Waals surface area contributed by atoms with Crippen molar-refractivity contribution in [2.75, 3.05) is 31.1 Å². The van der Waals surface area contributed by atoms with Crippen LogP contribution in [0.1, 0.15) is 0 Å². The number of hydrogen-bond donors (Lipinski definition) is 2. The van der Waals surface area contributed by atoms with Gasteiger partial charge in [0.1, 0.15) is 5.82 Å². The second-order valence-corrected chi connectivity index (χ2v) is 5.61. The minimum Gasteiger partial charge on any atom is -0.352 e. The van der Waals surface area contributed by atoms with Gasteiger partial charge in [-0.25, -0.2) is 14.4 Å². The van der Waals surface area contributed by atoms with Gasteiger partial charge in [0, 0.05) is 44.1 Å². The molecule has 1 aromatic carbocycles. The average Bonchev–Trinajstić information content (AvgIpc) is 3.09. The predicted molar refractivity (Wildman–Crippen MR) is 90.1 cm³/mol. The van der Waals surface area contributed by atoms with Crippen LogP contribution in [-0.2, 0) is 0 Å².